The van der Waals surface area contributed by atoms with Crippen LogP contribution in [0.5, 0.6) is 0 Å². The highest BCUT2D eigenvalue weighted by molar-refractivity contribution is 7.18. The maximum Gasteiger partial charge on any atom is 0.260 e. The number of allylic oxidation sites excluding steroid dienone is 1. The van der Waals surface area contributed by atoms with Gasteiger partial charge in [-0.1, -0.05) is 23.8 Å². The van der Waals surface area contributed by atoms with Gasteiger partial charge in [0.05, 0.1) is 11.0 Å². The van der Waals surface area contributed by atoms with Crippen molar-refractivity contribution in [3.8, 4) is 6.07 Å². The number of H-pyrrole nitrogens is 1. The molecule has 0 atom stereocenters. The van der Waals surface area contributed by atoms with Crippen molar-refractivity contribution in [2.24, 2.45) is 0 Å². The maximum atomic E-state index is 12.4. The number of rotatable bonds is 2. The number of hydrogen-bond donors (Lipinski definition) is 1. The molecule has 1 N–H and O–H groups in total. The third kappa shape index (κ3) is 2.77. The molecule has 0 aliphatic carbocycles. The maximum absolute atomic E-state index is 12.4. The Morgan fingerprint density at radius 3 is 2.75 bits per heavy atom. The third-order valence-electron chi connectivity index (χ3n) is 4.15. The molecule has 0 spiro atoms. The fourth-order valence-electron chi connectivity index (χ4n) is 2.61. The van der Waals surface area contributed by atoms with Gasteiger partial charge >= 0.3 is 0 Å². The molecule has 0 radical (unpaired) electrons. The summed E-state index contributed by atoms with van der Waals surface area (Å²) in [5, 5.41) is 10.2. The predicted molar refractivity (Wildman–Crippen MR) is 99.1 cm³/mol. The second-order valence-electron chi connectivity index (χ2n) is 5.91. The zero-order chi connectivity index (χ0) is 17.4. The summed E-state index contributed by atoms with van der Waals surface area (Å²) in [6.07, 6.45) is 1.78. The zero-order valence-corrected chi connectivity index (χ0v) is 14.8. The van der Waals surface area contributed by atoms with E-state index >= 15 is 0 Å². The summed E-state index contributed by atoms with van der Waals surface area (Å²) in [6.45, 7) is 7.89. The molecular weight excluding hydrogens is 318 g/mol. The first-order valence-corrected chi connectivity index (χ1v) is 8.42. The number of fused-ring (bicyclic) bond motifs is 1. The molecule has 0 aliphatic heterocycles. The Labute approximate surface area is 144 Å². The third-order valence-corrected chi connectivity index (χ3v) is 5.25. The molecule has 2 aromatic heterocycles. The topological polar surface area (TPSA) is 69.5 Å². The van der Waals surface area contributed by atoms with Gasteiger partial charge in [-0.3, -0.25) is 4.79 Å². The van der Waals surface area contributed by atoms with Crippen molar-refractivity contribution < 1.29 is 0 Å². The highest BCUT2D eigenvalue weighted by Crippen LogP contribution is 2.27. The van der Waals surface area contributed by atoms with Gasteiger partial charge < -0.3 is 4.98 Å². The molecule has 0 unspecified atom stereocenters. The molecule has 24 heavy (non-hydrogen) atoms. The fourth-order valence-corrected chi connectivity index (χ4v) is 3.64. The van der Waals surface area contributed by atoms with Gasteiger partial charge in [0.15, 0.2) is 5.82 Å². The molecule has 2 heterocycles. The molecule has 0 saturated carbocycles. The van der Waals surface area contributed by atoms with Crippen molar-refractivity contribution in [2.75, 3.05) is 0 Å². The van der Waals surface area contributed by atoms with Gasteiger partial charge in [-0.15, -0.1) is 11.3 Å². The normalized spacial score (nSPS) is 11.7. The van der Waals surface area contributed by atoms with E-state index in [9.17, 15) is 10.1 Å². The summed E-state index contributed by atoms with van der Waals surface area (Å²) in [5.74, 6) is 0.317. The first-order chi connectivity index (χ1) is 11.4. The molecule has 5 heteroatoms. The SMILES string of the molecule is Cc1ccc(C)c(/C=C(\C#N)c2nc3sc(C)c(C)c3c(=O)[nH]2)c1. The Bertz CT molecular complexity index is 1080. The zero-order valence-electron chi connectivity index (χ0n) is 14.0. The number of nitrogens with zero attached hydrogens (tertiary/aromatic N) is 2. The van der Waals surface area contributed by atoms with Crippen molar-refractivity contribution in [3.63, 3.8) is 0 Å². The second kappa shape index (κ2) is 6.06. The van der Waals surface area contributed by atoms with Crippen molar-refractivity contribution in [3.05, 3.63) is 61.5 Å². The largest absolute Gasteiger partial charge is 0.305 e. The molecule has 0 saturated heterocycles. The van der Waals surface area contributed by atoms with Crippen LogP contribution in [-0.2, 0) is 0 Å². The molecule has 1 aromatic carbocycles. The van der Waals surface area contributed by atoms with Crippen LogP contribution in [0.4, 0.5) is 0 Å². The average molecular weight is 335 g/mol. The summed E-state index contributed by atoms with van der Waals surface area (Å²) in [6, 6.07) is 8.22. The highest BCUT2D eigenvalue weighted by atomic mass is 32.1. The summed E-state index contributed by atoms with van der Waals surface area (Å²) in [7, 11) is 0. The van der Waals surface area contributed by atoms with Gasteiger partial charge in [0.2, 0.25) is 0 Å². The summed E-state index contributed by atoms with van der Waals surface area (Å²) >= 11 is 1.48. The lowest BCUT2D eigenvalue weighted by Gasteiger charge is -2.04. The molecular formula is C19H17N3OS. The van der Waals surface area contributed by atoms with E-state index < -0.39 is 0 Å². The first kappa shape index (κ1) is 16.2. The Balaban J connectivity index is 2.21. The van der Waals surface area contributed by atoms with E-state index in [-0.39, 0.29) is 5.56 Å². The van der Waals surface area contributed by atoms with Crippen molar-refractivity contribution in [1.82, 2.24) is 9.97 Å². The standard InChI is InChI=1S/C19H17N3OS/c1-10-5-6-11(2)14(7-10)8-15(9-20)17-21-18(23)16-12(3)13(4)24-19(16)22-17/h5-8H,1-4H3,(H,21,22,23)/b15-8+. The molecule has 3 aromatic rings. The van der Waals surface area contributed by atoms with E-state index in [1.165, 1.54) is 11.3 Å². The first-order valence-electron chi connectivity index (χ1n) is 7.60. The van der Waals surface area contributed by atoms with Crippen LogP contribution >= 0.6 is 11.3 Å². The number of benzene rings is 1. The van der Waals surface area contributed by atoms with Crippen LogP contribution in [0.2, 0.25) is 0 Å². The fraction of sp³-hybridized carbons (Fsp3) is 0.211. The lowest BCUT2D eigenvalue weighted by atomic mass is 10.0. The van der Waals surface area contributed by atoms with Crippen LogP contribution < -0.4 is 5.56 Å². The van der Waals surface area contributed by atoms with E-state index in [0.29, 0.717) is 21.6 Å². The van der Waals surface area contributed by atoms with Gasteiger partial charge in [-0.25, -0.2) is 4.98 Å². The van der Waals surface area contributed by atoms with E-state index in [2.05, 4.69) is 16.0 Å². The summed E-state index contributed by atoms with van der Waals surface area (Å²) < 4.78 is 0. The molecule has 3 rings (SSSR count). The van der Waals surface area contributed by atoms with E-state index in [0.717, 1.165) is 27.1 Å². The van der Waals surface area contributed by atoms with Crippen LogP contribution in [-0.4, -0.2) is 9.97 Å². The quantitative estimate of drug-likeness (QED) is 0.711. The lowest BCUT2D eigenvalue weighted by molar-refractivity contribution is 1.13. The molecule has 120 valence electrons. The molecule has 0 amide bonds. The van der Waals surface area contributed by atoms with Gasteiger partial charge in [0.25, 0.3) is 5.56 Å². The van der Waals surface area contributed by atoms with Gasteiger partial charge in [0, 0.05) is 4.88 Å². The number of nitriles is 1. The number of aromatic amines is 1. The average Bonchev–Trinajstić information content (AvgIpc) is 2.83. The minimum absolute atomic E-state index is 0.195. The number of aromatic nitrogens is 2. The van der Waals surface area contributed by atoms with Crippen LogP contribution in [0.25, 0.3) is 21.9 Å². The molecule has 0 aliphatic rings. The minimum atomic E-state index is -0.195. The Morgan fingerprint density at radius 1 is 1.29 bits per heavy atom. The molecule has 4 nitrogen and oxygen atoms in total. The Morgan fingerprint density at radius 2 is 2.04 bits per heavy atom. The number of thiophene rings is 1. The van der Waals surface area contributed by atoms with Crippen molar-refractivity contribution in [1.29, 1.82) is 5.26 Å². The van der Waals surface area contributed by atoms with Gasteiger partial charge in [0.1, 0.15) is 10.9 Å². The minimum Gasteiger partial charge on any atom is -0.305 e. The molecule has 0 fully saturated rings. The smallest absolute Gasteiger partial charge is 0.260 e. The van der Waals surface area contributed by atoms with Crippen LogP contribution in [0.1, 0.15) is 33.0 Å². The predicted octanol–water partition coefficient (Wildman–Crippen LogP) is 4.28. The van der Waals surface area contributed by atoms with Gasteiger partial charge in [-0.05, 0) is 50.5 Å². The summed E-state index contributed by atoms with van der Waals surface area (Å²) in [4.78, 5) is 21.4. The van der Waals surface area contributed by atoms with Crippen molar-refractivity contribution in [2.45, 2.75) is 27.7 Å². The number of hydrogen-bond acceptors (Lipinski definition) is 4. The van der Waals surface area contributed by atoms with Crippen molar-refractivity contribution >= 4 is 33.2 Å². The van der Waals surface area contributed by atoms with Crippen LogP contribution in [0.15, 0.2) is 23.0 Å². The van der Waals surface area contributed by atoms with E-state index in [1.54, 1.807) is 6.08 Å². The van der Waals surface area contributed by atoms with Crippen LogP contribution in [0.3, 0.4) is 0 Å². The lowest BCUT2D eigenvalue weighted by Crippen LogP contribution is -2.10. The van der Waals surface area contributed by atoms with E-state index in [1.807, 2.05) is 45.9 Å². The highest BCUT2D eigenvalue weighted by Gasteiger charge is 2.14. The number of nitrogens with one attached hydrogen (secondary N) is 1. The molecule has 0 bridgehead atoms. The summed E-state index contributed by atoms with van der Waals surface area (Å²) in [5.41, 5.74) is 4.25. The van der Waals surface area contributed by atoms with E-state index in [4.69, 9.17) is 0 Å². The second-order valence-corrected chi connectivity index (χ2v) is 7.11. The monoisotopic (exact) mass is 335 g/mol. The Kier molecular flexibility index (Phi) is 4.08. The Hall–Kier alpha value is -2.71. The van der Waals surface area contributed by atoms with Gasteiger partial charge in [-0.2, -0.15) is 5.26 Å². The number of aryl methyl sites for hydroxylation is 4. The van der Waals surface area contributed by atoms with Crippen LogP contribution in [0, 0.1) is 39.0 Å².